The number of anilines is 2. The summed E-state index contributed by atoms with van der Waals surface area (Å²) in [6, 6.07) is 13.0. The molecule has 0 radical (unpaired) electrons. The molecule has 0 fully saturated rings. The third-order valence-corrected chi connectivity index (χ3v) is 3.35. The zero-order valence-electron chi connectivity index (χ0n) is 10.9. The van der Waals surface area contributed by atoms with Crippen LogP contribution in [0.4, 0.5) is 11.4 Å². The van der Waals surface area contributed by atoms with E-state index in [1.165, 1.54) is 0 Å². The van der Waals surface area contributed by atoms with Crippen LogP contribution in [-0.2, 0) is 0 Å². The maximum Gasteiger partial charge on any atom is 0.258 e. The first-order valence-corrected chi connectivity index (χ1v) is 6.68. The van der Waals surface area contributed by atoms with Crippen LogP contribution in [0.15, 0.2) is 46.9 Å². The van der Waals surface area contributed by atoms with Gasteiger partial charge in [0, 0.05) is 17.1 Å². The highest BCUT2D eigenvalue weighted by Crippen LogP contribution is 2.24. The van der Waals surface area contributed by atoms with Crippen molar-refractivity contribution in [1.29, 1.82) is 0 Å². The van der Waals surface area contributed by atoms with E-state index in [-0.39, 0.29) is 5.91 Å². The molecule has 0 saturated heterocycles. The highest BCUT2D eigenvalue weighted by molar-refractivity contribution is 9.10. The summed E-state index contributed by atoms with van der Waals surface area (Å²) in [6.07, 6.45) is 0. The molecule has 0 unspecified atom stereocenters. The molecule has 0 aliphatic heterocycles. The summed E-state index contributed by atoms with van der Waals surface area (Å²) in [5.74, 6) is -0.0812. The average Bonchev–Trinajstić information content (AvgIpc) is 2.36. The van der Waals surface area contributed by atoms with E-state index in [9.17, 15) is 4.79 Å². The molecule has 0 aromatic heterocycles. The number of hydrogen-bond acceptors (Lipinski definition) is 2. The first kappa shape index (κ1) is 13.6. The first-order valence-electron chi connectivity index (χ1n) is 5.89. The van der Waals surface area contributed by atoms with Crippen LogP contribution in [0, 0.1) is 6.92 Å². The number of aryl methyl sites for hydroxylation is 1. The van der Waals surface area contributed by atoms with E-state index in [1.807, 2.05) is 43.3 Å². The molecule has 0 aliphatic rings. The molecule has 0 atom stereocenters. The number of amides is 1. The molecule has 1 amide bonds. The van der Waals surface area contributed by atoms with Gasteiger partial charge in [0.1, 0.15) is 0 Å². The van der Waals surface area contributed by atoms with E-state index >= 15 is 0 Å². The number of nitrogen functional groups attached to an aromatic ring is 1. The lowest BCUT2D eigenvalue weighted by molar-refractivity contribution is 0.0993. The molecule has 3 nitrogen and oxygen atoms in total. The summed E-state index contributed by atoms with van der Waals surface area (Å²) in [6.45, 7) is 1.96. The van der Waals surface area contributed by atoms with Crippen molar-refractivity contribution >= 4 is 33.2 Å². The quantitative estimate of drug-likeness (QED) is 0.860. The molecule has 0 heterocycles. The third-order valence-electron chi connectivity index (χ3n) is 2.89. The molecule has 2 aromatic rings. The normalized spacial score (nSPS) is 10.3. The van der Waals surface area contributed by atoms with Crippen molar-refractivity contribution in [3.05, 3.63) is 58.1 Å². The summed E-state index contributed by atoms with van der Waals surface area (Å²) in [5.41, 5.74) is 8.87. The van der Waals surface area contributed by atoms with Crippen molar-refractivity contribution in [1.82, 2.24) is 0 Å². The molecule has 19 heavy (non-hydrogen) atoms. The molecule has 0 bridgehead atoms. The van der Waals surface area contributed by atoms with Crippen LogP contribution >= 0.6 is 15.9 Å². The summed E-state index contributed by atoms with van der Waals surface area (Å²) in [5, 5.41) is 0. The maximum atomic E-state index is 12.5. The summed E-state index contributed by atoms with van der Waals surface area (Å²) in [7, 11) is 1.73. The number of nitrogens with two attached hydrogens (primary N) is 1. The number of carbonyl (C=O) groups excluding carboxylic acids is 1. The van der Waals surface area contributed by atoms with E-state index < -0.39 is 0 Å². The standard InChI is InChI=1S/C15H15BrN2O/c1-10-7-11(9-12(16)8-10)15(19)18(2)14-6-4-3-5-13(14)17/h3-9H,17H2,1-2H3. The fourth-order valence-electron chi connectivity index (χ4n) is 1.96. The highest BCUT2D eigenvalue weighted by Gasteiger charge is 2.15. The molecule has 2 rings (SSSR count). The van der Waals surface area contributed by atoms with Gasteiger partial charge in [-0.2, -0.15) is 0 Å². The second-order valence-electron chi connectivity index (χ2n) is 4.44. The van der Waals surface area contributed by atoms with Gasteiger partial charge in [0.15, 0.2) is 0 Å². The Balaban J connectivity index is 2.36. The smallest absolute Gasteiger partial charge is 0.258 e. The Hall–Kier alpha value is -1.81. The van der Waals surface area contributed by atoms with E-state index in [0.29, 0.717) is 16.9 Å². The number of hydrogen-bond donors (Lipinski definition) is 1. The van der Waals surface area contributed by atoms with Gasteiger partial charge < -0.3 is 10.6 Å². The summed E-state index contributed by atoms with van der Waals surface area (Å²) >= 11 is 3.41. The minimum atomic E-state index is -0.0812. The summed E-state index contributed by atoms with van der Waals surface area (Å²) < 4.78 is 0.894. The Bertz CT molecular complexity index is 605. The number of rotatable bonds is 2. The zero-order chi connectivity index (χ0) is 14.0. The van der Waals surface area contributed by atoms with Crippen molar-refractivity contribution in [3.8, 4) is 0 Å². The molecule has 4 heteroatoms. The Morgan fingerprint density at radius 2 is 1.89 bits per heavy atom. The predicted octanol–water partition coefficient (Wildman–Crippen LogP) is 3.62. The lowest BCUT2D eigenvalue weighted by Crippen LogP contribution is -2.27. The van der Waals surface area contributed by atoms with Gasteiger partial charge in [0.05, 0.1) is 11.4 Å². The predicted molar refractivity (Wildman–Crippen MR) is 82.5 cm³/mol. The van der Waals surface area contributed by atoms with Crippen molar-refractivity contribution < 1.29 is 4.79 Å². The van der Waals surface area contributed by atoms with Gasteiger partial charge in [0.2, 0.25) is 0 Å². The lowest BCUT2D eigenvalue weighted by atomic mass is 10.1. The van der Waals surface area contributed by atoms with Gasteiger partial charge in [0.25, 0.3) is 5.91 Å². The van der Waals surface area contributed by atoms with E-state index in [1.54, 1.807) is 18.0 Å². The van der Waals surface area contributed by atoms with Crippen LogP contribution in [0.2, 0.25) is 0 Å². The molecule has 0 spiro atoms. The van der Waals surface area contributed by atoms with Gasteiger partial charge in [-0.05, 0) is 42.8 Å². The van der Waals surface area contributed by atoms with Gasteiger partial charge in [-0.25, -0.2) is 0 Å². The largest absolute Gasteiger partial charge is 0.397 e. The van der Waals surface area contributed by atoms with Crippen molar-refractivity contribution in [2.75, 3.05) is 17.7 Å². The highest BCUT2D eigenvalue weighted by atomic mass is 79.9. The summed E-state index contributed by atoms with van der Waals surface area (Å²) in [4.78, 5) is 14.0. The monoisotopic (exact) mass is 318 g/mol. The van der Waals surface area contributed by atoms with Gasteiger partial charge in [-0.3, -0.25) is 4.79 Å². The third kappa shape index (κ3) is 2.96. The number of para-hydroxylation sites is 2. The zero-order valence-corrected chi connectivity index (χ0v) is 12.4. The van der Waals surface area contributed by atoms with E-state index in [4.69, 9.17) is 5.73 Å². The Morgan fingerprint density at radius 3 is 2.53 bits per heavy atom. The van der Waals surface area contributed by atoms with Crippen LogP contribution in [0.1, 0.15) is 15.9 Å². The minimum Gasteiger partial charge on any atom is -0.397 e. The number of benzene rings is 2. The van der Waals surface area contributed by atoms with Crippen LogP contribution in [-0.4, -0.2) is 13.0 Å². The molecular weight excluding hydrogens is 304 g/mol. The lowest BCUT2D eigenvalue weighted by Gasteiger charge is -2.19. The topological polar surface area (TPSA) is 46.3 Å². The fourth-order valence-corrected chi connectivity index (χ4v) is 2.56. The number of carbonyl (C=O) groups is 1. The molecular formula is C15H15BrN2O. The Labute approximate surface area is 121 Å². The first-order chi connectivity index (χ1) is 8.99. The second-order valence-corrected chi connectivity index (χ2v) is 5.36. The average molecular weight is 319 g/mol. The molecule has 0 aliphatic carbocycles. The van der Waals surface area contributed by atoms with E-state index in [2.05, 4.69) is 15.9 Å². The maximum absolute atomic E-state index is 12.5. The van der Waals surface area contributed by atoms with Crippen LogP contribution in [0.3, 0.4) is 0 Å². The van der Waals surface area contributed by atoms with Gasteiger partial charge in [-0.15, -0.1) is 0 Å². The van der Waals surface area contributed by atoms with Gasteiger partial charge in [-0.1, -0.05) is 28.1 Å². The molecule has 0 saturated carbocycles. The number of nitrogens with zero attached hydrogens (tertiary/aromatic N) is 1. The minimum absolute atomic E-state index is 0.0812. The van der Waals surface area contributed by atoms with Crippen molar-refractivity contribution in [2.24, 2.45) is 0 Å². The Morgan fingerprint density at radius 1 is 1.21 bits per heavy atom. The molecule has 98 valence electrons. The second kappa shape index (κ2) is 5.45. The number of halogens is 1. The Kier molecular flexibility index (Phi) is 3.90. The SMILES string of the molecule is Cc1cc(Br)cc(C(=O)N(C)c2ccccc2N)c1. The van der Waals surface area contributed by atoms with Crippen LogP contribution < -0.4 is 10.6 Å². The fraction of sp³-hybridized carbons (Fsp3) is 0.133. The molecule has 2 N–H and O–H groups in total. The van der Waals surface area contributed by atoms with Crippen LogP contribution in [0.25, 0.3) is 0 Å². The van der Waals surface area contributed by atoms with Gasteiger partial charge >= 0.3 is 0 Å². The van der Waals surface area contributed by atoms with Crippen molar-refractivity contribution in [2.45, 2.75) is 6.92 Å². The van der Waals surface area contributed by atoms with Crippen molar-refractivity contribution in [3.63, 3.8) is 0 Å². The van der Waals surface area contributed by atoms with E-state index in [0.717, 1.165) is 10.0 Å². The van der Waals surface area contributed by atoms with Crippen LogP contribution in [0.5, 0.6) is 0 Å². The molecule has 2 aromatic carbocycles.